The quantitative estimate of drug-likeness (QED) is 0.758. The number of rotatable bonds is 6. The fourth-order valence-electron chi connectivity index (χ4n) is 2.37. The molecule has 0 spiro atoms. The smallest absolute Gasteiger partial charge is 0.255 e. The molecule has 0 aliphatic heterocycles. The van der Waals surface area contributed by atoms with Gasteiger partial charge >= 0.3 is 0 Å². The van der Waals surface area contributed by atoms with Gasteiger partial charge in [-0.15, -0.1) is 0 Å². The largest absolute Gasteiger partial charge is 0.492 e. The zero-order valence-electron chi connectivity index (χ0n) is 13.7. The normalized spacial score (nSPS) is 11.8. The summed E-state index contributed by atoms with van der Waals surface area (Å²) in [5, 5.41) is 3.42. The van der Waals surface area contributed by atoms with Crippen LogP contribution in [0.2, 0.25) is 5.02 Å². The van der Waals surface area contributed by atoms with Crippen LogP contribution in [-0.4, -0.2) is 12.5 Å². The maximum absolute atomic E-state index is 12.5. The van der Waals surface area contributed by atoms with Crippen LogP contribution >= 0.6 is 11.6 Å². The molecule has 2 aromatic rings. The van der Waals surface area contributed by atoms with E-state index in [0.717, 1.165) is 17.7 Å². The standard InChI is InChI=1S/C19H22ClNO2/c1-4-13(3)15-8-6-7-9-17(15)21-19(22)14-10-11-18(23-5-2)16(20)12-14/h6-13H,4-5H2,1-3H3,(H,21,22). The number of carbonyl (C=O) groups is 1. The van der Waals surface area contributed by atoms with Gasteiger partial charge in [0.05, 0.1) is 11.6 Å². The molecule has 0 aromatic heterocycles. The summed E-state index contributed by atoms with van der Waals surface area (Å²) in [6.07, 6.45) is 1.02. The summed E-state index contributed by atoms with van der Waals surface area (Å²) in [5.74, 6) is 0.798. The van der Waals surface area contributed by atoms with Gasteiger partial charge in [-0.1, -0.05) is 43.6 Å². The van der Waals surface area contributed by atoms with E-state index in [-0.39, 0.29) is 5.91 Å². The molecule has 0 radical (unpaired) electrons. The molecular formula is C19H22ClNO2. The molecule has 0 aliphatic carbocycles. The molecule has 0 aliphatic rings. The van der Waals surface area contributed by atoms with Gasteiger partial charge in [0.25, 0.3) is 5.91 Å². The van der Waals surface area contributed by atoms with Gasteiger partial charge in [0, 0.05) is 11.3 Å². The van der Waals surface area contributed by atoms with Crippen LogP contribution in [0.4, 0.5) is 5.69 Å². The average Bonchev–Trinajstić information content (AvgIpc) is 2.56. The summed E-state index contributed by atoms with van der Waals surface area (Å²) in [4.78, 5) is 12.5. The van der Waals surface area contributed by atoms with Crippen molar-refractivity contribution in [3.63, 3.8) is 0 Å². The third kappa shape index (κ3) is 4.26. The van der Waals surface area contributed by atoms with E-state index >= 15 is 0 Å². The number of anilines is 1. The molecule has 0 saturated heterocycles. The molecule has 3 nitrogen and oxygen atoms in total. The zero-order chi connectivity index (χ0) is 16.8. The highest BCUT2D eigenvalue weighted by Gasteiger charge is 2.13. The number of amides is 1. The third-order valence-corrected chi connectivity index (χ3v) is 4.14. The van der Waals surface area contributed by atoms with Crippen LogP contribution in [0.3, 0.4) is 0 Å². The van der Waals surface area contributed by atoms with Crippen molar-refractivity contribution in [2.24, 2.45) is 0 Å². The van der Waals surface area contributed by atoms with Crippen molar-refractivity contribution in [2.45, 2.75) is 33.1 Å². The van der Waals surface area contributed by atoms with Crippen LogP contribution < -0.4 is 10.1 Å². The van der Waals surface area contributed by atoms with Crippen molar-refractivity contribution < 1.29 is 9.53 Å². The molecule has 1 unspecified atom stereocenters. The molecule has 0 saturated carbocycles. The highest BCUT2D eigenvalue weighted by atomic mass is 35.5. The molecule has 2 aromatic carbocycles. The number of carbonyl (C=O) groups excluding carboxylic acids is 1. The van der Waals surface area contributed by atoms with Crippen molar-refractivity contribution in [3.8, 4) is 5.75 Å². The van der Waals surface area contributed by atoms with Gasteiger partial charge in [-0.25, -0.2) is 0 Å². The summed E-state index contributed by atoms with van der Waals surface area (Å²) < 4.78 is 5.39. The minimum atomic E-state index is -0.175. The second kappa shape index (κ2) is 8.02. The topological polar surface area (TPSA) is 38.3 Å². The summed E-state index contributed by atoms with van der Waals surface area (Å²) in [7, 11) is 0. The zero-order valence-corrected chi connectivity index (χ0v) is 14.5. The lowest BCUT2D eigenvalue weighted by molar-refractivity contribution is 0.102. The lowest BCUT2D eigenvalue weighted by Gasteiger charge is -2.16. The van der Waals surface area contributed by atoms with Crippen molar-refractivity contribution in [3.05, 3.63) is 58.6 Å². The number of hydrogen-bond donors (Lipinski definition) is 1. The molecular weight excluding hydrogens is 310 g/mol. The van der Waals surface area contributed by atoms with E-state index in [4.69, 9.17) is 16.3 Å². The first kappa shape index (κ1) is 17.4. The molecule has 1 N–H and O–H groups in total. The summed E-state index contributed by atoms with van der Waals surface area (Å²) in [6.45, 7) is 6.71. The Bertz CT molecular complexity index is 685. The minimum Gasteiger partial charge on any atom is -0.492 e. The Kier molecular flexibility index (Phi) is 6.05. The van der Waals surface area contributed by atoms with Gasteiger partial charge in [0.1, 0.15) is 5.75 Å². The number of ether oxygens (including phenoxy) is 1. The Hall–Kier alpha value is -2.00. The first-order valence-corrected chi connectivity index (χ1v) is 8.27. The minimum absolute atomic E-state index is 0.175. The van der Waals surface area contributed by atoms with Crippen molar-refractivity contribution in [1.82, 2.24) is 0 Å². The average molecular weight is 332 g/mol. The molecule has 0 heterocycles. The lowest BCUT2D eigenvalue weighted by atomic mass is 9.97. The third-order valence-electron chi connectivity index (χ3n) is 3.85. The predicted octanol–water partition coefficient (Wildman–Crippen LogP) is 5.50. The van der Waals surface area contributed by atoms with E-state index in [1.165, 1.54) is 0 Å². The molecule has 2 rings (SSSR count). The van der Waals surface area contributed by atoms with E-state index in [2.05, 4.69) is 25.2 Å². The van der Waals surface area contributed by atoms with E-state index in [9.17, 15) is 4.79 Å². The first-order valence-electron chi connectivity index (χ1n) is 7.89. The monoisotopic (exact) mass is 331 g/mol. The van der Waals surface area contributed by atoms with Crippen LogP contribution in [0.1, 0.15) is 49.0 Å². The molecule has 122 valence electrons. The van der Waals surface area contributed by atoms with Crippen molar-refractivity contribution in [1.29, 1.82) is 0 Å². The molecule has 0 bridgehead atoms. The number of hydrogen-bond acceptors (Lipinski definition) is 2. The van der Waals surface area contributed by atoms with Crippen LogP contribution in [0.5, 0.6) is 5.75 Å². The molecule has 4 heteroatoms. The Morgan fingerprint density at radius 2 is 1.96 bits per heavy atom. The molecule has 1 amide bonds. The Balaban J connectivity index is 2.21. The second-order valence-corrected chi connectivity index (χ2v) is 5.84. The number of para-hydroxylation sites is 1. The SMILES string of the molecule is CCOc1ccc(C(=O)Nc2ccccc2C(C)CC)cc1Cl. The van der Waals surface area contributed by atoms with Crippen LogP contribution in [0, 0.1) is 0 Å². The van der Waals surface area contributed by atoms with Gasteiger partial charge in [-0.2, -0.15) is 0 Å². The highest BCUT2D eigenvalue weighted by molar-refractivity contribution is 6.32. The Morgan fingerprint density at radius 1 is 1.22 bits per heavy atom. The van der Waals surface area contributed by atoms with Crippen LogP contribution in [-0.2, 0) is 0 Å². The van der Waals surface area contributed by atoms with Crippen molar-refractivity contribution >= 4 is 23.2 Å². The second-order valence-electron chi connectivity index (χ2n) is 5.43. The summed E-state index contributed by atoms with van der Waals surface area (Å²) in [5.41, 5.74) is 2.50. The van der Waals surface area contributed by atoms with E-state index in [0.29, 0.717) is 28.9 Å². The Morgan fingerprint density at radius 3 is 2.61 bits per heavy atom. The summed E-state index contributed by atoms with van der Waals surface area (Å²) >= 11 is 6.15. The lowest BCUT2D eigenvalue weighted by Crippen LogP contribution is -2.14. The van der Waals surface area contributed by atoms with Gasteiger partial charge < -0.3 is 10.1 Å². The number of nitrogens with one attached hydrogen (secondary N) is 1. The van der Waals surface area contributed by atoms with Crippen molar-refractivity contribution in [2.75, 3.05) is 11.9 Å². The van der Waals surface area contributed by atoms with E-state index < -0.39 is 0 Å². The molecule has 23 heavy (non-hydrogen) atoms. The first-order chi connectivity index (χ1) is 11.1. The summed E-state index contributed by atoms with van der Waals surface area (Å²) in [6, 6.07) is 13.0. The maximum atomic E-state index is 12.5. The van der Waals surface area contributed by atoms with Gasteiger partial charge in [0.2, 0.25) is 0 Å². The van der Waals surface area contributed by atoms with Gasteiger partial charge in [-0.05, 0) is 49.1 Å². The maximum Gasteiger partial charge on any atom is 0.255 e. The molecule has 0 fully saturated rings. The van der Waals surface area contributed by atoms with Crippen LogP contribution in [0.25, 0.3) is 0 Å². The van der Waals surface area contributed by atoms with E-state index in [1.807, 2.05) is 25.1 Å². The predicted molar refractivity (Wildman–Crippen MR) is 95.7 cm³/mol. The van der Waals surface area contributed by atoms with Crippen LogP contribution in [0.15, 0.2) is 42.5 Å². The fraction of sp³-hybridized carbons (Fsp3) is 0.316. The van der Waals surface area contributed by atoms with Gasteiger partial charge in [0.15, 0.2) is 0 Å². The fourth-order valence-corrected chi connectivity index (χ4v) is 2.60. The van der Waals surface area contributed by atoms with E-state index in [1.54, 1.807) is 18.2 Å². The number of benzene rings is 2. The highest BCUT2D eigenvalue weighted by Crippen LogP contribution is 2.28. The number of halogens is 1. The molecule has 1 atom stereocenters. The van der Waals surface area contributed by atoms with Gasteiger partial charge in [-0.3, -0.25) is 4.79 Å². The Labute approximate surface area is 142 Å².